The van der Waals surface area contributed by atoms with Crippen LogP contribution in [0.25, 0.3) is 10.9 Å². The number of hydrogen-bond acceptors (Lipinski definition) is 5. The Hall–Kier alpha value is -3.97. The van der Waals surface area contributed by atoms with Crippen LogP contribution in [0.3, 0.4) is 0 Å². The molecular weight excluding hydrogens is 492 g/mol. The van der Waals surface area contributed by atoms with Gasteiger partial charge in [0.05, 0.1) is 12.6 Å². The van der Waals surface area contributed by atoms with Gasteiger partial charge in [-0.3, -0.25) is 4.79 Å². The molecule has 0 radical (unpaired) electrons. The number of methoxy groups -OCH3 is 1. The van der Waals surface area contributed by atoms with Gasteiger partial charge in [-0.25, -0.2) is 4.79 Å². The lowest BCUT2D eigenvalue weighted by molar-refractivity contribution is 0.0570. The normalized spacial score (nSPS) is 11.4. The van der Waals surface area contributed by atoms with Crippen molar-refractivity contribution >= 4 is 34.4 Å². The van der Waals surface area contributed by atoms with Gasteiger partial charge in [0.15, 0.2) is 0 Å². The number of primary amides is 1. The second kappa shape index (κ2) is 10.6. The van der Waals surface area contributed by atoms with Crippen molar-refractivity contribution in [1.29, 1.82) is 0 Å². The molecule has 1 amide bonds. The Bertz CT molecular complexity index is 1450. The zero-order valence-electron chi connectivity index (χ0n) is 21.2. The van der Waals surface area contributed by atoms with E-state index in [-0.39, 0.29) is 35.6 Å². The van der Waals surface area contributed by atoms with Crippen LogP contribution in [-0.2, 0) is 23.4 Å². The predicted molar refractivity (Wildman–Crippen MR) is 143 cm³/mol. The number of ether oxygens (including phenoxy) is 2. The highest BCUT2D eigenvalue weighted by molar-refractivity contribution is 6.30. The van der Waals surface area contributed by atoms with E-state index >= 15 is 0 Å². The average Bonchev–Trinajstić information content (AvgIpc) is 3.18. The molecule has 2 N–H and O–H groups in total. The number of aromatic nitrogens is 1. The third-order valence-electron chi connectivity index (χ3n) is 6.00. The van der Waals surface area contributed by atoms with E-state index in [2.05, 4.69) is 32.9 Å². The molecule has 0 unspecified atom stereocenters. The van der Waals surface area contributed by atoms with Gasteiger partial charge in [-0.15, -0.1) is 4.73 Å². The first kappa shape index (κ1) is 26.1. The van der Waals surface area contributed by atoms with E-state index in [9.17, 15) is 9.59 Å². The summed E-state index contributed by atoms with van der Waals surface area (Å²) in [5.41, 5.74) is 9.36. The third kappa shape index (κ3) is 5.73. The Labute approximate surface area is 220 Å². The van der Waals surface area contributed by atoms with Gasteiger partial charge in [0.25, 0.3) is 0 Å². The lowest BCUT2D eigenvalue weighted by Crippen LogP contribution is -2.16. The standard InChI is InChI=1S/C29H29ClN2O5/c1-29(2,3)21-11-8-18(9-12-21)17-37-32-24-15-20(26(31)33)10-13-23(24)25(28(34)35-4)27(32)36-16-19-6-5-7-22(30)14-19/h5-15H,16-17H2,1-4H3,(H2,31,33). The van der Waals surface area contributed by atoms with E-state index in [0.29, 0.717) is 15.9 Å². The van der Waals surface area contributed by atoms with Crippen LogP contribution in [-0.4, -0.2) is 23.7 Å². The summed E-state index contributed by atoms with van der Waals surface area (Å²) < 4.78 is 12.6. The number of amides is 1. The van der Waals surface area contributed by atoms with Crippen LogP contribution in [0, 0.1) is 0 Å². The Morgan fingerprint density at radius 2 is 1.68 bits per heavy atom. The van der Waals surface area contributed by atoms with Crippen LogP contribution in [0.1, 0.15) is 58.2 Å². The van der Waals surface area contributed by atoms with Crippen LogP contribution in [0.5, 0.6) is 5.88 Å². The lowest BCUT2D eigenvalue weighted by atomic mass is 9.87. The summed E-state index contributed by atoms with van der Waals surface area (Å²) in [6.45, 7) is 6.76. The fourth-order valence-electron chi connectivity index (χ4n) is 3.97. The number of hydrogen-bond donors (Lipinski definition) is 1. The number of benzene rings is 3. The summed E-state index contributed by atoms with van der Waals surface area (Å²) in [7, 11) is 1.29. The van der Waals surface area contributed by atoms with Gasteiger partial charge in [-0.1, -0.05) is 74.8 Å². The van der Waals surface area contributed by atoms with E-state index in [1.165, 1.54) is 17.4 Å². The third-order valence-corrected chi connectivity index (χ3v) is 6.24. The highest BCUT2D eigenvalue weighted by atomic mass is 35.5. The first-order valence-corrected chi connectivity index (χ1v) is 12.1. The number of carbonyl (C=O) groups is 2. The summed E-state index contributed by atoms with van der Waals surface area (Å²) in [6.07, 6.45) is 0. The Morgan fingerprint density at radius 1 is 0.946 bits per heavy atom. The van der Waals surface area contributed by atoms with Crippen molar-refractivity contribution in [2.24, 2.45) is 5.73 Å². The molecule has 8 heteroatoms. The molecule has 3 aromatic carbocycles. The molecular formula is C29H29ClN2O5. The highest BCUT2D eigenvalue weighted by Crippen LogP contribution is 2.34. The van der Waals surface area contributed by atoms with Gasteiger partial charge in [0.1, 0.15) is 18.8 Å². The molecule has 4 aromatic rings. The second-order valence-electron chi connectivity index (χ2n) is 9.70. The van der Waals surface area contributed by atoms with Crippen LogP contribution in [0.15, 0.2) is 66.7 Å². The Morgan fingerprint density at radius 3 is 2.30 bits per heavy atom. The molecule has 0 aliphatic heterocycles. The first-order chi connectivity index (χ1) is 17.6. The van der Waals surface area contributed by atoms with Gasteiger partial charge in [-0.05, 0) is 46.4 Å². The number of fused-ring (bicyclic) bond motifs is 1. The molecule has 37 heavy (non-hydrogen) atoms. The van der Waals surface area contributed by atoms with E-state index in [0.717, 1.165) is 11.1 Å². The van der Waals surface area contributed by atoms with Crippen molar-refractivity contribution in [3.63, 3.8) is 0 Å². The lowest BCUT2D eigenvalue weighted by Gasteiger charge is -2.19. The molecule has 4 rings (SSSR count). The zero-order chi connectivity index (χ0) is 26.7. The van der Waals surface area contributed by atoms with E-state index in [1.807, 2.05) is 24.3 Å². The second-order valence-corrected chi connectivity index (χ2v) is 10.1. The summed E-state index contributed by atoms with van der Waals surface area (Å²) in [4.78, 5) is 31.0. The number of nitrogens with zero attached hydrogens (tertiary/aromatic N) is 1. The fraction of sp³-hybridized carbons (Fsp3) is 0.241. The number of halogens is 1. The molecule has 0 spiro atoms. The van der Waals surface area contributed by atoms with Gasteiger partial charge >= 0.3 is 5.97 Å². The molecule has 0 aliphatic rings. The molecule has 192 valence electrons. The predicted octanol–water partition coefficient (Wildman–Crippen LogP) is 5.69. The molecule has 0 saturated heterocycles. The summed E-state index contributed by atoms with van der Waals surface area (Å²) >= 11 is 6.13. The van der Waals surface area contributed by atoms with E-state index in [1.54, 1.807) is 30.3 Å². The minimum Gasteiger partial charge on any atom is -0.471 e. The van der Waals surface area contributed by atoms with Crippen LogP contribution < -0.4 is 15.3 Å². The van der Waals surface area contributed by atoms with E-state index in [4.69, 9.17) is 31.6 Å². The average molecular weight is 521 g/mol. The maximum absolute atomic E-state index is 12.9. The zero-order valence-corrected chi connectivity index (χ0v) is 22.0. The largest absolute Gasteiger partial charge is 0.471 e. The fourth-order valence-corrected chi connectivity index (χ4v) is 4.18. The van der Waals surface area contributed by atoms with Crippen LogP contribution >= 0.6 is 11.6 Å². The molecule has 0 saturated carbocycles. The highest BCUT2D eigenvalue weighted by Gasteiger charge is 2.27. The maximum atomic E-state index is 12.9. The van der Waals surface area contributed by atoms with Crippen molar-refractivity contribution in [2.75, 3.05) is 7.11 Å². The monoisotopic (exact) mass is 520 g/mol. The Kier molecular flexibility index (Phi) is 7.45. The molecule has 7 nitrogen and oxygen atoms in total. The molecule has 0 fully saturated rings. The summed E-state index contributed by atoms with van der Waals surface area (Å²) in [5, 5.41) is 1.07. The number of carbonyl (C=O) groups excluding carboxylic acids is 2. The summed E-state index contributed by atoms with van der Waals surface area (Å²) in [6, 6.07) is 20.1. The number of nitrogens with two attached hydrogens (primary N) is 1. The van der Waals surface area contributed by atoms with Crippen LogP contribution in [0.4, 0.5) is 0 Å². The minimum absolute atomic E-state index is 0.0257. The van der Waals surface area contributed by atoms with Gasteiger partial charge in [-0.2, -0.15) is 0 Å². The smallest absolute Gasteiger partial charge is 0.344 e. The minimum atomic E-state index is -0.603. The number of esters is 1. The maximum Gasteiger partial charge on any atom is 0.344 e. The molecule has 1 heterocycles. The summed E-state index contributed by atoms with van der Waals surface area (Å²) in [5.74, 6) is -1.06. The van der Waals surface area contributed by atoms with Crippen molar-refractivity contribution in [3.8, 4) is 5.88 Å². The van der Waals surface area contributed by atoms with Crippen molar-refractivity contribution in [2.45, 2.75) is 39.4 Å². The van der Waals surface area contributed by atoms with Crippen LogP contribution in [0.2, 0.25) is 5.02 Å². The Balaban J connectivity index is 1.77. The first-order valence-electron chi connectivity index (χ1n) is 11.7. The molecule has 1 aromatic heterocycles. The quantitative estimate of drug-likeness (QED) is 0.301. The van der Waals surface area contributed by atoms with E-state index < -0.39 is 11.9 Å². The molecule has 0 aliphatic carbocycles. The molecule has 0 atom stereocenters. The van der Waals surface area contributed by atoms with Gasteiger partial charge < -0.3 is 20.0 Å². The molecule has 0 bridgehead atoms. The SMILES string of the molecule is COC(=O)c1c(OCc2cccc(Cl)c2)n(OCc2ccc(C(C)(C)C)cc2)c2cc(C(N)=O)ccc12. The van der Waals surface area contributed by atoms with Crippen molar-refractivity contribution in [1.82, 2.24) is 4.73 Å². The van der Waals surface area contributed by atoms with Gasteiger partial charge in [0, 0.05) is 16.0 Å². The topological polar surface area (TPSA) is 92.8 Å². The van der Waals surface area contributed by atoms with Crippen molar-refractivity contribution < 1.29 is 23.9 Å². The van der Waals surface area contributed by atoms with Gasteiger partial charge in [0.2, 0.25) is 11.8 Å². The van der Waals surface area contributed by atoms with Crippen molar-refractivity contribution in [3.05, 3.63) is 99.6 Å². The number of rotatable bonds is 8.